The minimum absolute atomic E-state index is 0.0971. The molecule has 3 nitrogen and oxygen atoms in total. The van der Waals surface area contributed by atoms with E-state index in [1.807, 2.05) is 6.07 Å². The second kappa shape index (κ2) is 4.63. The van der Waals surface area contributed by atoms with Crippen molar-refractivity contribution in [3.63, 3.8) is 0 Å². The monoisotopic (exact) mass is 285 g/mol. The van der Waals surface area contributed by atoms with E-state index < -0.39 is 0 Å². The van der Waals surface area contributed by atoms with Gasteiger partial charge in [0.1, 0.15) is 0 Å². The van der Waals surface area contributed by atoms with Crippen LogP contribution >= 0.6 is 15.9 Å². The number of benzene rings is 1. The summed E-state index contributed by atoms with van der Waals surface area (Å²) >= 11 is 3.40. The number of hydrogen-bond acceptors (Lipinski definition) is 3. The Labute approximate surface area is 104 Å². The maximum atomic E-state index is 10.0. The van der Waals surface area contributed by atoms with E-state index in [-0.39, 0.29) is 11.8 Å². The SMILES string of the molecule is COc1cc(Br)cc([C@H](N)C2CCC2)c1O. The zero-order chi connectivity index (χ0) is 11.7. The predicted molar refractivity (Wildman–Crippen MR) is 66.6 cm³/mol. The molecule has 0 bridgehead atoms. The number of ether oxygens (including phenoxy) is 1. The molecule has 88 valence electrons. The first-order chi connectivity index (χ1) is 7.63. The normalized spacial score (nSPS) is 17.9. The number of aromatic hydroxyl groups is 1. The molecule has 0 radical (unpaired) electrons. The number of rotatable bonds is 3. The summed E-state index contributed by atoms with van der Waals surface area (Å²) in [6.07, 6.45) is 3.54. The van der Waals surface area contributed by atoms with Crippen molar-refractivity contribution in [1.29, 1.82) is 0 Å². The first-order valence-corrected chi connectivity index (χ1v) is 6.24. The van der Waals surface area contributed by atoms with Gasteiger partial charge in [0.25, 0.3) is 0 Å². The first kappa shape index (κ1) is 11.7. The van der Waals surface area contributed by atoms with Crippen LogP contribution in [0.4, 0.5) is 0 Å². The molecule has 1 aliphatic carbocycles. The third kappa shape index (κ3) is 2.04. The molecule has 1 aromatic rings. The number of hydrogen-bond donors (Lipinski definition) is 2. The van der Waals surface area contributed by atoms with Crippen molar-refractivity contribution in [2.75, 3.05) is 7.11 Å². The highest BCUT2D eigenvalue weighted by Crippen LogP contribution is 2.43. The van der Waals surface area contributed by atoms with Gasteiger partial charge in [-0.25, -0.2) is 0 Å². The van der Waals surface area contributed by atoms with Gasteiger partial charge in [-0.1, -0.05) is 22.4 Å². The van der Waals surface area contributed by atoms with Crippen LogP contribution in [0.2, 0.25) is 0 Å². The first-order valence-electron chi connectivity index (χ1n) is 5.45. The Morgan fingerprint density at radius 3 is 2.69 bits per heavy atom. The summed E-state index contributed by atoms with van der Waals surface area (Å²) in [5.74, 6) is 1.13. The lowest BCUT2D eigenvalue weighted by atomic mass is 9.77. The molecule has 1 saturated carbocycles. The van der Waals surface area contributed by atoms with Crippen LogP contribution in [0.5, 0.6) is 11.5 Å². The van der Waals surface area contributed by atoms with Crippen LogP contribution in [0.25, 0.3) is 0 Å². The lowest BCUT2D eigenvalue weighted by Crippen LogP contribution is -2.26. The van der Waals surface area contributed by atoms with Crippen molar-refractivity contribution in [2.24, 2.45) is 11.7 Å². The Hall–Kier alpha value is -0.740. The summed E-state index contributed by atoms with van der Waals surface area (Å²) in [7, 11) is 1.54. The number of phenols is 1. The van der Waals surface area contributed by atoms with Crippen LogP contribution < -0.4 is 10.5 Å². The molecule has 16 heavy (non-hydrogen) atoms. The fourth-order valence-corrected chi connectivity index (χ4v) is 2.51. The summed E-state index contributed by atoms with van der Waals surface area (Å²) in [5, 5.41) is 10.0. The number of phenolic OH excluding ortho intramolecular Hbond substituents is 1. The van der Waals surface area contributed by atoms with Crippen LogP contribution in [0.15, 0.2) is 16.6 Å². The molecule has 3 N–H and O–H groups in total. The van der Waals surface area contributed by atoms with Crippen molar-refractivity contribution >= 4 is 15.9 Å². The Morgan fingerprint density at radius 1 is 1.50 bits per heavy atom. The van der Waals surface area contributed by atoms with Crippen LogP contribution in [0, 0.1) is 5.92 Å². The van der Waals surface area contributed by atoms with Crippen molar-refractivity contribution < 1.29 is 9.84 Å². The fourth-order valence-electron chi connectivity index (χ4n) is 2.06. The highest BCUT2D eigenvalue weighted by molar-refractivity contribution is 9.10. The smallest absolute Gasteiger partial charge is 0.162 e. The van der Waals surface area contributed by atoms with Gasteiger partial charge < -0.3 is 15.6 Å². The van der Waals surface area contributed by atoms with Gasteiger partial charge in [0.15, 0.2) is 11.5 Å². The minimum atomic E-state index is -0.0971. The molecule has 0 amide bonds. The fraction of sp³-hybridized carbons (Fsp3) is 0.500. The van der Waals surface area contributed by atoms with E-state index in [0.29, 0.717) is 11.7 Å². The zero-order valence-electron chi connectivity index (χ0n) is 9.24. The van der Waals surface area contributed by atoms with Crippen LogP contribution in [-0.2, 0) is 0 Å². The molecule has 0 aromatic heterocycles. The Morgan fingerprint density at radius 2 is 2.19 bits per heavy atom. The third-order valence-electron chi connectivity index (χ3n) is 3.31. The van der Waals surface area contributed by atoms with E-state index in [4.69, 9.17) is 10.5 Å². The van der Waals surface area contributed by atoms with Crippen LogP contribution in [-0.4, -0.2) is 12.2 Å². The van der Waals surface area contributed by atoms with E-state index in [9.17, 15) is 5.11 Å². The van der Waals surface area contributed by atoms with E-state index in [1.165, 1.54) is 6.42 Å². The number of nitrogens with two attached hydrogens (primary N) is 1. The zero-order valence-corrected chi connectivity index (χ0v) is 10.8. The molecule has 1 aliphatic rings. The molecule has 0 unspecified atom stereocenters. The van der Waals surface area contributed by atoms with E-state index in [1.54, 1.807) is 13.2 Å². The minimum Gasteiger partial charge on any atom is -0.504 e. The quantitative estimate of drug-likeness (QED) is 0.898. The van der Waals surface area contributed by atoms with Crippen molar-refractivity contribution in [1.82, 2.24) is 0 Å². The van der Waals surface area contributed by atoms with E-state index in [2.05, 4.69) is 15.9 Å². The number of halogens is 1. The summed E-state index contributed by atoms with van der Waals surface area (Å²) < 4.78 is 5.99. The highest BCUT2D eigenvalue weighted by Gasteiger charge is 2.28. The van der Waals surface area contributed by atoms with Crippen molar-refractivity contribution in [2.45, 2.75) is 25.3 Å². The Kier molecular flexibility index (Phi) is 3.40. The highest BCUT2D eigenvalue weighted by atomic mass is 79.9. The average molecular weight is 286 g/mol. The average Bonchev–Trinajstić information content (AvgIpc) is 2.18. The van der Waals surface area contributed by atoms with Crippen molar-refractivity contribution in [3.05, 3.63) is 22.2 Å². The molecule has 0 saturated heterocycles. The molecule has 0 aliphatic heterocycles. The van der Waals surface area contributed by atoms with E-state index >= 15 is 0 Å². The molecule has 0 spiro atoms. The Balaban J connectivity index is 2.34. The van der Waals surface area contributed by atoms with Crippen molar-refractivity contribution in [3.8, 4) is 11.5 Å². The summed E-state index contributed by atoms with van der Waals surface area (Å²) in [5.41, 5.74) is 6.93. The third-order valence-corrected chi connectivity index (χ3v) is 3.76. The number of methoxy groups -OCH3 is 1. The lowest BCUT2D eigenvalue weighted by Gasteiger charge is -2.32. The maximum Gasteiger partial charge on any atom is 0.162 e. The van der Waals surface area contributed by atoms with Gasteiger partial charge in [-0.2, -0.15) is 0 Å². The molecule has 1 atom stereocenters. The Bertz CT molecular complexity index is 391. The van der Waals surface area contributed by atoms with E-state index in [0.717, 1.165) is 22.9 Å². The molecule has 1 aromatic carbocycles. The van der Waals surface area contributed by atoms with Gasteiger partial charge in [0.2, 0.25) is 0 Å². The van der Waals surface area contributed by atoms with Gasteiger partial charge in [-0.05, 0) is 30.9 Å². The van der Waals surface area contributed by atoms with Crippen LogP contribution in [0.3, 0.4) is 0 Å². The topological polar surface area (TPSA) is 55.5 Å². The second-order valence-corrected chi connectivity index (χ2v) is 5.18. The summed E-state index contributed by atoms with van der Waals surface area (Å²) in [6.45, 7) is 0. The van der Waals surface area contributed by atoms with Crippen LogP contribution in [0.1, 0.15) is 30.9 Å². The predicted octanol–water partition coefficient (Wildman–Crippen LogP) is 2.96. The van der Waals surface area contributed by atoms with Gasteiger partial charge in [-0.3, -0.25) is 0 Å². The summed E-state index contributed by atoms with van der Waals surface area (Å²) in [4.78, 5) is 0. The van der Waals surface area contributed by atoms with Gasteiger partial charge in [-0.15, -0.1) is 0 Å². The lowest BCUT2D eigenvalue weighted by molar-refractivity contribution is 0.258. The molecule has 0 heterocycles. The molecule has 2 rings (SSSR count). The maximum absolute atomic E-state index is 10.0. The van der Waals surface area contributed by atoms with Gasteiger partial charge in [0.05, 0.1) is 7.11 Å². The van der Waals surface area contributed by atoms with Gasteiger partial charge in [0, 0.05) is 16.1 Å². The summed E-state index contributed by atoms with van der Waals surface area (Å²) in [6, 6.07) is 3.52. The molecule has 1 fully saturated rings. The standard InChI is InChI=1S/C12H16BrNO2/c1-16-10-6-8(13)5-9(12(10)15)11(14)7-3-2-4-7/h5-7,11,15H,2-4,14H2,1H3/t11-/m1/s1. The van der Waals surface area contributed by atoms with Gasteiger partial charge >= 0.3 is 0 Å². The molecular weight excluding hydrogens is 270 g/mol. The largest absolute Gasteiger partial charge is 0.504 e. The second-order valence-electron chi connectivity index (χ2n) is 4.26. The molecule has 4 heteroatoms. The molecular formula is C12H16BrNO2.